The van der Waals surface area contributed by atoms with E-state index in [2.05, 4.69) is 15.4 Å². The average Bonchev–Trinajstić information content (AvgIpc) is 3.38. The second-order valence-corrected chi connectivity index (χ2v) is 9.46. The van der Waals surface area contributed by atoms with E-state index in [4.69, 9.17) is 16.6 Å². The monoisotopic (exact) mass is 491 g/mol. The summed E-state index contributed by atoms with van der Waals surface area (Å²) in [7, 11) is -3.70. The molecule has 3 N–H and O–H groups in total. The molecule has 0 bridgehead atoms. The average molecular weight is 492 g/mol. The minimum atomic E-state index is -3.70. The third-order valence-corrected chi connectivity index (χ3v) is 6.54. The highest BCUT2D eigenvalue weighted by Crippen LogP contribution is 2.19. The van der Waals surface area contributed by atoms with Crippen LogP contribution in [0.4, 0.5) is 5.69 Å². The topological polar surface area (TPSA) is 100 Å². The highest BCUT2D eigenvalue weighted by Gasteiger charge is 2.15. The number of anilines is 1. The largest absolute Gasteiger partial charge is 0.468 e. The maximum absolute atomic E-state index is 12.5. The lowest BCUT2D eigenvalue weighted by molar-refractivity contribution is 0.0977. The van der Waals surface area contributed by atoms with Crippen molar-refractivity contribution in [3.05, 3.63) is 109 Å². The first kappa shape index (κ1) is 23.4. The fourth-order valence-corrected chi connectivity index (χ4v) is 4.37. The highest BCUT2D eigenvalue weighted by atomic mass is 32.2. The molecule has 0 aliphatic carbocycles. The van der Waals surface area contributed by atoms with Crippen LogP contribution in [-0.4, -0.2) is 19.4 Å². The van der Waals surface area contributed by atoms with Crippen LogP contribution in [0.15, 0.2) is 107 Å². The zero-order chi connectivity index (χ0) is 24.0. The van der Waals surface area contributed by atoms with Gasteiger partial charge in [0.05, 0.1) is 17.7 Å². The summed E-state index contributed by atoms with van der Waals surface area (Å²) in [6, 6.07) is 26.5. The van der Waals surface area contributed by atoms with Gasteiger partial charge in [-0.3, -0.25) is 10.1 Å². The first-order chi connectivity index (χ1) is 16.4. The van der Waals surface area contributed by atoms with Gasteiger partial charge >= 0.3 is 0 Å². The Morgan fingerprint density at radius 2 is 1.50 bits per heavy atom. The van der Waals surface area contributed by atoms with Crippen LogP contribution >= 0.6 is 12.2 Å². The van der Waals surface area contributed by atoms with E-state index in [9.17, 15) is 13.2 Å². The van der Waals surface area contributed by atoms with Crippen molar-refractivity contribution in [3.8, 4) is 11.1 Å². The van der Waals surface area contributed by atoms with Gasteiger partial charge in [0.15, 0.2) is 5.11 Å². The number of hydrogen-bond donors (Lipinski definition) is 3. The van der Waals surface area contributed by atoms with Crippen LogP contribution in [0.5, 0.6) is 0 Å². The number of nitrogens with one attached hydrogen (secondary N) is 3. The van der Waals surface area contributed by atoms with Crippen LogP contribution in [-0.2, 0) is 16.6 Å². The summed E-state index contributed by atoms with van der Waals surface area (Å²) in [5.41, 5.74) is 3.07. The Morgan fingerprint density at radius 3 is 2.15 bits per heavy atom. The van der Waals surface area contributed by atoms with Crippen molar-refractivity contribution in [2.45, 2.75) is 11.4 Å². The maximum atomic E-state index is 12.5. The SMILES string of the molecule is O=C(NC(=S)Nc1ccc(S(=O)(=O)NCc2ccco2)cc1)c1ccc(-c2ccccc2)cc1. The van der Waals surface area contributed by atoms with Crippen LogP contribution in [0.25, 0.3) is 11.1 Å². The molecular formula is C25H21N3O4S2. The Labute approximate surface area is 202 Å². The zero-order valence-corrected chi connectivity index (χ0v) is 19.5. The quantitative estimate of drug-likeness (QED) is 0.328. The van der Waals surface area contributed by atoms with Gasteiger partial charge in [-0.05, 0) is 71.9 Å². The molecule has 0 fully saturated rings. The first-order valence-electron chi connectivity index (χ1n) is 10.3. The van der Waals surface area contributed by atoms with Gasteiger partial charge in [-0.2, -0.15) is 0 Å². The van der Waals surface area contributed by atoms with Gasteiger partial charge in [0.25, 0.3) is 5.91 Å². The Hall–Kier alpha value is -3.79. The predicted molar refractivity (Wildman–Crippen MR) is 135 cm³/mol. The number of sulfonamides is 1. The van der Waals surface area contributed by atoms with Gasteiger partial charge in [0.2, 0.25) is 10.0 Å². The van der Waals surface area contributed by atoms with Crippen LogP contribution in [0.2, 0.25) is 0 Å². The van der Waals surface area contributed by atoms with Crippen molar-refractivity contribution in [2.75, 3.05) is 5.32 Å². The molecule has 0 unspecified atom stereocenters. The first-order valence-corrected chi connectivity index (χ1v) is 12.2. The Bertz CT molecular complexity index is 1370. The summed E-state index contributed by atoms with van der Waals surface area (Å²) in [5, 5.41) is 5.61. The Morgan fingerprint density at radius 1 is 0.824 bits per heavy atom. The van der Waals surface area contributed by atoms with Crippen molar-refractivity contribution in [1.29, 1.82) is 0 Å². The summed E-state index contributed by atoms with van der Waals surface area (Å²) in [4.78, 5) is 12.6. The predicted octanol–water partition coefficient (Wildman–Crippen LogP) is 4.55. The van der Waals surface area contributed by atoms with E-state index in [1.807, 2.05) is 42.5 Å². The number of thiocarbonyl (C=S) groups is 1. The minimum absolute atomic E-state index is 0.0534. The summed E-state index contributed by atoms with van der Waals surface area (Å²) in [6.45, 7) is 0.0534. The van der Waals surface area contributed by atoms with Gasteiger partial charge in [-0.1, -0.05) is 42.5 Å². The lowest BCUT2D eigenvalue weighted by atomic mass is 10.0. The van der Waals surface area contributed by atoms with Gasteiger partial charge in [0, 0.05) is 11.3 Å². The Kier molecular flexibility index (Phi) is 7.17. The van der Waals surface area contributed by atoms with Gasteiger partial charge < -0.3 is 9.73 Å². The number of rotatable bonds is 7. The van der Waals surface area contributed by atoms with Crippen molar-refractivity contribution in [3.63, 3.8) is 0 Å². The lowest BCUT2D eigenvalue weighted by Gasteiger charge is -2.11. The molecule has 0 atom stereocenters. The van der Waals surface area contributed by atoms with E-state index in [0.717, 1.165) is 11.1 Å². The Balaban J connectivity index is 1.32. The van der Waals surface area contributed by atoms with E-state index in [1.54, 1.807) is 36.4 Å². The number of benzene rings is 3. The fourth-order valence-electron chi connectivity index (χ4n) is 3.16. The zero-order valence-electron chi connectivity index (χ0n) is 17.9. The molecule has 0 saturated carbocycles. The van der Waals surface area contributed by atoms with Crippen LogP contribution < -0.4 is 15.4 Å². The van der Waals surface area contributed by atoms with Crippen molar-refractivity contribution in [2.24, 2.45) is 0 Å². The molecule has 1 amide bonds. The third-order valence-electron chi connectivity index (χ3n) is 4.92. The van der Waals surface area contributed by atoms with Crippen molar-refractivity contribution in [1.82, 2.24) is 10.0 Å². The van der Waals surface area contributed by atoms with Crippen LogP contribution in [0.3, 0.4) is 0 Å². The van der Waals surface area contributed by atoms with Crippen LogP contribution in [0.1, 0.15) is 16.1 Å². The molecule has 4 aromatic rings. The van der Waals surface area contributed by atoms with Gasteiger partial charge in [0.1, 0.15) is 5.76 Å². The molecule has 0 aliphatic heterocycles. The summed E-state index contributed by atoms with van der Waals surface area (Å²) < 4.78 is 32.4. The molecule has 172 valence electrons. The number of amides is 1. The van der Waals surface area contributed by atoms with E-state index < -0.39 is 10.0 Å². The normalized spacial score (nSPS) is 11.1. The molecule has 9 heteroatoms. The summed E-state index contributed by atoms with van der Waals surface area (Å²) in [6.07, 6.45) is 1.48. The van der Waals surface area contributed by atoms with Crippen LogP contribution in [0, 0.1) is 0 Å². The number of furan rings is 1. The number of carbonyl (C=O) groups is 1. The van der Waals surface area contributed by atoms with Gasteiger partial charge in [-0.15, -0.1) is 0 Å². The van der Waals surface area contributed by atoms with E-state index in [0.29, 0.717) is 17.0 Å². The van der Waals surface area contributed by atoms with E-state index in [-0.39, 0.29) is 22.5 Å². The maximum Gasteiger partial charge on any atom is 0.257 e. The lowest BCUT2D eigenvalue weighted by Crippen LogP contribution is -2.34. The molecule has 0 saturated heterocycles. The highest BCUT2D eigenvalue weighted by molar-refractivity contribution is 7.89. The molecule has 34 heavy (non-hydrogen) atoms. The molecule has 1 aromatic heterocycles. The van der Waals surface area contributed by atoms with Crippen molar-refractivity contribution >= 4 is 38.9 Å². The third kappa shape index (κ3) is 5.96. The van der Waals surface area contributed by atoms with E-state index >= 15 is 0 Å². The molecule has 7 nitrogen and oxygen atoms in total. The molecule has 0 radical (unpaired) electrons. The minimum Gasteiger partial charge on any atom is -0.468 e. The molecule has 0 spiro atoms. The van der Waals surface area contributed by atoms with Crippen molar-refractivity contribution < 1.29 is 17.6 Å². The van der Waals surface area contributed by atoms with Gasteiger partial charge in [-0.25, -0.2) is 13.1 Å². The fraction of sp³-hybridized carbons (Fsp3) is 0.0400. The van der Waals surface area contributed by atoms with E-state index in [1.165, 1.54) is 18.4 Å². The molecular weight excluding hydrogens is 470 g/mol. The molecule has 1 heterocycles. The summed E-state index contributed by atoms with van der Waals surface area (Å²) >= 11 is 5.22. The smallest absolute Gasteiger partial charge is 0.257 e. The summed E-state index contributed by atoms with van der Waals surface area (Å²) in [5.74, 6) is 0.163. The molecule has 0 aliphatic rings. The number of carbonyl (C=O) groups excluding carboxylic acids is 1. The number of hydrogen-bond acceptors (Lipinski definition) is 5. The molecule has 4 rings (SSSR count). The second kappa shape index (κ2) is 10.4. The second-order valence-electron chi connectivity index (χ2n) is 7.28. The molecule has 3 aromatic carbocycles. The standard InChI is InChI=1S/C25H21N3O4S2/c29-24(20-10-8-19(9-11-20)18-5-2-1-3-6-18)28-25(33)27-21-12-14-23(15-13-21)34(30,31)26-17-22-7-4-16-32-22/h1-16,26H,17H2,(H2,27,28,29,33).